The lowest BCUT2D eigenvalue weighted by Gasteiger charge is -2.32. The third kappa shape index (κ3) is 6.40. The van der Waals surface area contributed by atoms with E-state index in [1.807, 2.05) is 13.2 Å². The van der Waals surface area contributed by atoms with Gasteiger partial charge in [0.05, 0.1) is 5.01 Å². The molecule has 2 N–H and O–H groups in total. The van der Waals surface area contributed by atoms with Crippen molar-refractivity contribution in [2.24, 2.45) is 16.8 Å². The van der Waals surface area contributed by atoms with Gasteiger partial charge >= 0.3 is 0 Å². The molecule has 2 rings (SSSR count). The van der Waals surface area contributed by atoms with Crippen LogP contribution in [0, 0.1) is 18.8 Å². The molecule has 0 spiro atoms. The van der Waals surface area contributed by atoms with Gasteiger partial charge in [0.1, 0.15) is 0 Å². The van der Waals surface area contributed by atoms with Crippen LogP contribution in [0.2, 0.25) is 0 Å². The molecule has 0 bridgehead atoms. The predicted molar refractivity (Wildman–Crippen MR) is 106 cm³/mol. The van der Waals surface area contributed by atoms with Crippen molar-refractivity contribution in [3.8, 4) is 0 Å². The van der Waals surface area contributed by atoms with Gasteiger partial charge in [-0.15, -0.1) is 35.3 Å². The molecule has 1 saturated carbocycles. The Bertz CT molecular complexity index is 464. The molecule has 22 heavy (non-hydrogen) atoms. The van der Waals surface area contributed by atoms with Crippen molar-refractivity contribution in [1.29, 1.82) is 0 Å². The predicted octanol–water partition coefficient (Wildman–Crippen LogP) is 3.60. The van der Waals surface area contributed by atoms with Crippen LogP contribution in [0.5, 0.6) is 0 Å². The minimum Gasteiger partial charge on any atom is -0.356 e. The second-order valence-electron chi connectivity index (χ2n) is 6.37. The monoisotopic (exact) mass is 436 g/mol. The number of nitrogens with zero attached hydrogens (tertiary/aromatic N) is 2. The number of hydrogen-bond acceptors (Lipinski definition) is 3. The highest BCUT2D eigenvalue weighted by molar-refractivity contribution is 14.0. The smallest absolute Gasteiger partial charge is 0.191 e. The Hall–Kier alpha value is -0.370. The Balaban J connectivity index is 0.00000242. The maximum absolute atomic E-state index is 4.39. The molecule has 126 valence electrons. The number of nitrogens with one attached hydrogen (secondary N) is 2. The van der Waals surface area contributed by atoms with Crippen molar-refractivity contribution in [2.45, 2.75) is 52.5 Å². The van der Waals surface area contributed by atoms with Crippen molar-refractivity contribution in [1.82, 2.24) is 15.6 Å². The van der Waals surface area contributed by atoms with Gasteiger partial charge < -0.3 is 10.6 Å². The summed E-state index contributed by atoms with van der Waals surface area (Å²) in [4.78, 5) is 10.0. The maximum Gasteiger partial charge on any atom is 0.191 e. The van der Waals surface area contributed by atoms with E-state index in [0.717, 1.165) is 30.8 Å². The van der Waals surface area contributed by atoms with Crippen molar-refractivity contribution in [2.75, 3.05) is 13.6 Å². The molecule has 6 heteroatoms. The summed E-state index contributed by atoms with van der Waals surface area (Å²) in [7, 11) is 1.85. The molecule has 0 aromatic carbocycles. The topological polar surface area (TPSA) is 49.3 Å². The minimum atomic E-state index is 0. The van der Waals surface area contributed by atoms with Gasteiger partial charge in [0.15, 0.2) is 5.96 Å². The third-order valence-corrected chi connectivity index (χ3v) is 5.02. The molecule has 0 radical (unpaired) electrons. The number of guanidine groups is 1. The summed E-state index contributed by atoms with van der Waals surface area (Å²) in [6, 6.07) is 0.553. The van der Waals surface area contributed by atoms with Gasteiger partial charge in [0.25, 0.3) is 0 Å². The second-order valence-corrected chi connectivity index (χ2v) is 7.69. The molecule has 1 aliphatic carbocycles. The number of hydrogen-bond donors (Lipinski definition) is 2. The summed E-state index contributed by atoms with van der Waals surface area (Å²) in [5.41, 5.74) is 0. The molecule has 0 aliphatic heterocycles. The Kier molecular flexibility index (Phi) is 8.67. The molecule has 1 heterocycles. The fourth-order valence-electron chi connectivity index (χ4n) is 3.26. The summed E-state index contributed by atoms with van der Waals surface area (Å²) in [5, 5.41) is 8.18. The van der Waals surface area contributed by atoms with Crippen LogP contribution in [0.25, 0.3) is 0 Å². The van der Waals surface area contributed by atoms with Crippen LogP contribution >= 0.6 is 35.3 Å². The number of aliphatic imine (C=N–C) groups is 1. The molecule has 1 aliphatic rings. The lowest BCUT2D eigenvalue weighted by Crippen LogP contribution is -2.46. The van der Waals surface area contributed by atoms with E-state index in [2.05, 4.69) is 41.4 Å². The maximum atomic E-state index is 4.39. The summed E-state index contributed by atoms with van der Waals surface area (Å²) < 4.78 is 0. The quantitative estimate of drug-likeness (QED) is 0.431. The Morgan fingerprint density at radius 2 is 2.00 bits per heavy atom. The summed E-state index contributed by atoms with van der Waals surface area (Å²) in [6.45, 7) is 7.68. The van der Waals surface area contributed by atoms with Crippen LogP contribution in [0.4, 0.5) is 0 Å². The average molecular weight is 436 g/mol. The highest BCUT2D eigenvalue weighted by Crippen LogP contribution is 2.28. The SMILES string of the molecule is CN=C(NCCc1ncc(C)s1)NC1CC(C)CC(C)C1.I. The normalized spacial score (nSPS) is 25.5. The van der Waals surface area contributed by atoms with E-state index in [1.165, 1.54) is 29.1 Å². The average Bonchev–Trinajstić information content (AvgIpc) is 2.82. The first kappa shape index (κ1) is 19.7. The van der Waals surface area contributed by atoms with E-state index >= 15 is 0 Å². The first-order valence-corrected chi connectivity index (χ1v) is 8.77. The van der Waals surface area contributed by atoms with Crippen molar-refractivity contribution < 1.29 is 0 Å². The second kappa shape index (κ2) is 9.70. The molecule has 4 nitrogen and oxygen atoms in total. The molecular weight excluding hydrogens is 407 g/mol. The number of halogens is 1. The Morgan fingerprint density at radius 1 is 1.32 bits per heavy atom. The number of aryl methyl sites for hydroxylation is 1. The van der Waals surface area contributed by atoms with Crippen molar-refractivity contribution in [3.05, 3.63) is 16.1 Å². The van der Waals surface area contributed by atoms with Crippen LogP contribution in [0.15, 0.2) is 11.2 Å². The van der Waals surface area contributed by atoms with E-state index in [9.17, 15) is 0 Å². The summed E-state index contributed by atoms with van der Waals surface area (Å²) in [5.74, 6) is 2.54. The molecule has 2 atom stereocenters. The lowest BCUT2D eigenvalue weighted by molar-refractivity contribution is 0.255. The molecule has 2 unspecified atom stereocenters. The highest BCUT2D eigenvalue weighted by atomic mass is 127. The first-order valence-electron chi connectivity index (χ1n) is 7.95. The van der Waals surface area contributed by atoms with Gasteiger partial charge in [-0.1, -0.05) is 13.8 Å². The number of aromatic nitrogens is 1. The first-order chi connectivity index (χ1) is 10.1. The van der Waals surface area contributed by atoms with E-state index in [1.54, 1.807) is 11.3 Å². The zero-order chi connectivity index (χ0) is 15.2. The highest BCUT2D eigenvalue weighted by Gasteiger charge is 2.24. The van der Waals surface area contributed by atoms with Crippen LogP contribution < -0.4 is 10.6 Å². The number of rotatable bonds is 4. The summed E-state index contributed by atoms with van der Waals surface area (Å²) in [6.07, 6.45) is 6.75. The van der Waals surface area contributed by atoms with Gasteiger partial charge in [-0.25, -0.2) is 4.98 Å². The van der Waals surface area contributed by atoms with Gasteiger partial charge in [0.2, 0.25) is 0 Å². The standard InChI is InChI=1S/C16H28N4S.HI/c1-11-7-12(2)9-14(8-11)20-16(17-4)18-6-5-15-19-10-13(3)21-15;/h10-12,14H,5-9H2,1-4H3,(H2,17,18,20);1H. The molecule has 0 amide bonds. The van der Waals surface area contributed by atoms with Crippen LogP contribution in [-0.2, 0) is 6.42 Å². The zero-order valence-corrected chi connectivity index (χ0v) is 17.2. The molecule has 1 aromatic rings. The zero-order valence-electron chi connectivity index (χ0n) is 14.1. The van der Waals surface area contributed by atoms with E-state index in [4.69, 9.17) is 0 Å². The van der Waals surface area contributed by atoms with Gasteiger partial charge in [-0.05, 0) is 38.0 Å². The fraction of sp³-hybridized carbons (Fsp3) is 0.750. The van der Waals surface area contributed by atoms with Crippen LogP contribution in [0.3, 0.4) is 0 Å². The fourth-order valence-corrected chi connectivity index (χ4v) is 4.04. The molecule has 1 fully saturated rings. The van der Waals surface area contributed by atoms with Gasteiger partial charge in [0, 0.05) is 37.1 Å². The van der Waals surface area contributed by atoms with E-state index in [0.29, 0.717) is 6.04 Å². The molecular formula is C16H29IN4S. The van der Waals surface area contributed by atoms with Crippen molar-refractivity contribution >= 4 is 41.3 Å². The third-order valence-electron chi connectivity index (χ3n) is 4.04. The van der Waals surface area contributed by atoms with E-state index in [-0.39, 0.29) is 24.0 Å². The Morgan fingerprint density at radius 3 is 2.55 bits per heavy atom. The molecule has 1 aromatic heterocycles. The van der Waals surface area contributed by atoms with Gasteiger partial charge in [-0.2, -0.15) is 0 Å². The van der Waals surface area contributed by atoms with Crippen LogP contribution in [-0.4, -0.2) is 30.6 Å². The van der Waals surface area contributed by atoms with Crippen LogP contribution in [0.1, 0.15) is 43.0 Å². The lowest BCUT2D eigenvalue weighted by atomic mass is 9.80. The summed E-state index contributed by atoms with van der Waals surface area (Å²) >= 11 is 1.77. The Labute approximate surface area is 155 Å². The van der Waals surface area contributed by atoms with E-state index < -0.39 is 0 Å². The minimum absolute atomic E-state index is 0. The van der Waals surface area contributed by atoms with Gasteiger partial charge in [-0.3, -0.25) is 4.99 Å². The largest absolute Gasteiger partial charge is 0.356 e. The number of thiazole rings is 1. The molecule has 0 saturated heterocycles. The van der Waals surface area contributed by atoms with Crippen molar-refractivity contribution in [3.63, 3.8) is 0 Å².